The van der Waals surface area contributed by atoms with E-state index in [1.54, 1.807) is 24.4 Å². The number of hydrazone groups is 1. The second-order valence-corrected chi connectivity index (χ2v) is 5.95. The van der Waals surface area contributed by atoms with Crippen molar-refractivity contribution in [1.82, 2.24) is 9.99 Å². The third-order valence-corrected chi connectivity index (χ3v) is 4.08. The lowest BCUT2D eigenvalue weighted by Crippen LogP contribution is -2.20. The van der Waals surface area contributed by atoms with Crippen molar-refractivity contribution in [3.8, 4) is 5.69 Å². The summed E-state index contributed by atoms with van der Waals surface area (Å²) in [6.45, 7) is 2.02. The molecule has 0 aliphatic rings. The molecular formula is C20H18N4O3. The summed E-state index contributed by atoms with van der Waals surface area (Å²) in [6.07, 6.45) is 3.34. The van der Waals surface area contributed by atoms with Crippen molar-refractivity contribution >= 4 is 17.8 Å². The molecule has 0 fully saturated rings. The molecule has 1 N–H and O–H groups in total. The first kappa shape index (κ1) is 18.1. The van der Waals surface area contributed by atoms with Gasteiger partial charge in [0.15, 0.2) is 0 Å². The molecule has 0 saturated carbocycles. The van der Waals surface area contributed by atoms with Crippen molar-refractivity contribution in [1.29, 1.82) is 0 Å². The molecule has 0 bridgehead atoms. The van der Waals surface area contributed by atoms with E-state index in [0.29, 0.717) is 5.56 Å². The lowest BCUT2D eigenvalue weighted by atomic mass is 10.1. The van der Waals surface area contributed by atoms with Crippen LogP contribution in [0.3, 0.4) is 0 Å². The third kappa shape index (κ3) is 4.27. The number of aryl methyl sites for hydroxylation is 1. The quantitative estimate of drug-likeness (QED) is 0.414. The number of hydrogen-bond acceptors (Lipinski definition) is 4. The number of amides is 1. The number of nitro benzene ring substituents is 1. The molecule has 0 aliphatic carbocycles. The van der Waals surface area contributed by atoms with Gasteiger partial charge in [-0.25, -0.2) is 5.43 Å². The van der Waals surface area contributed by atoms with Gasteiger partial charge in [0, 0.05) is 23.5 Å². The first-order valence-electron chi connectivity index (χ1n) is 8.34. The number of benzene rings is 2. The summed E-state index contributed by atoms with van der Waals surface area (Å²) in [5.41, 5.74) is 5.63. The first-order chi connectivity index (χ1) is 13.1. The number of carbonyl (C=O) groups excluding carboxylic acids is 1. The lowest BCUT2D eigenvalue weighted by Gasteiger charge is -2.09. The number of rotatable bonds is 6. The van der Waals surface area contributed by atoms with E-state index in [1.165, 1.54) is 6.07 Å². The summed E-state index contributed by atoms with van der Waals surface area (Å²) in [5, 5.41) is 15.0. The Balaban J connectivity index is 1.69. The van der Waals surface area contributed by atoms with E-state index < -0.39 is 10.8 Å². The highest BCUT2D eigenvalue weighted by Crippen LogP contribution is 2.18. The van der Waals surface area contributed by atoms with Crippen molar-refractivity contribution in [3.63, 3.8) is 0 Å². The Kier molecular flexibility index (Phi) is 5.41. The van der Waals surface area contributed by atoms with Crippen LogP contribution in [-0.2, 0) is 11.2 Å². The SMILES string of the molecule is Cc1ccccc1-n1cccc1C=NNC(=O)Cc1ccccc1[N+](=O)[O-]. The molecule has 0 atom stereocenters. The fourth-order valence-electron chi connectivity index (χ4n) is 2.77. The number of nitrogens with zero attached hydrogens (tertiary/aromatic N) is 3. The van der Waals surface area contributed by atoms with Crippen LogP contribution in [0.2, 0.25) is 0 Å². The monoisotopic (exact) mass is 362 g/mol. The summed E-state index contributed by atoms with van der Waals surface area (Å²) in [7, 11) is 0. The standard InChI is InChI=1S/C20H18N4O3/c1-15-7-2-4-10-18(15)23-12-6-9-17(23)14-21-22-20(25)13-16-8-3-5-11-19(16)24(26)27/h2-12,14H,13H2,1H3,(H,22,25). The van der Waals surface area contributed by atoms with Gasteiger partial charge < -0.3 is 4.57 Å². The van der Waals surface area contributed by atoms with Gasteiger partial charge in [-0.3, -0.25) is 14.9 Å². The number of nitrogens with one attached hydrogen (secondary N) is 1. The van der Waals surface area contributed by atoms with Crippen LogP contribution in [0.25, 0.3) is 5.69 Å². The van der Waals surface area contributed by atoms with E-state index in [2.05, 4.69) is 10.5 Å². The summed E-state index contributed by atoms with van der Waals surface area (Å²) in [6, 6.07) is 17.9. The Morgan fingerprint density at radius 3 is 2.67 bits per heavy atom. The second kappa shape index (κ2) is 8.09. The summed E-state index contributed by atoms with van der Waals surface area (Å²) < 4.78 is 1.97. The van der Waals surface area contributed by atoms with Gasteiger partial charge in [-0.15, -0.1) is 0 Å². The molecule has 0 unspecified atom stereocenters. The van der Waals surface area contributed by atoms with Crippen molar-refractivity contribution in [2.24, 2.45) is 5.10 Å². The summed E-state index contributed by atoms with van der Waals surface area (Å²) in [4.78, 5) is 22.6. The molecule has 1 heterocycles. The van der Waals surface area contributed by atoms with Gasteiger partial charge >= 0.3 is 0 Å². The summed E-state index contributed by atoms with van der Waals surface area (Å²) >= 11 is 0. The van der Waals surface area contributed by atoms with Crippen molar-refractivity contribution in [2.75, 3.05) is 0 Å². The van der Waals surface area contributed by atoms with Gasteiger partial charge in [-0.2, -0.15) is 5.10 Å². The molecule has 1 amide bonds. The molecule has 1 aromatic heterocycles. The van der Waals surface area contributed by atoms with E-state index >= 15 is 0 Å². The van der Waals surface area contributed by atoms with Crippen LogP contribution in [-0.4, -0.2) is 21.6 Å². The van der Waals surface area contributed by atoms with Gasteiger partial charge in [-0.1, -0.05) is 36.4 Å². The molecule has 3 aromatic rings. The number of nitro groups is 1. The zero-order valence-corrected chi connectivity index (χ0v) is 14.7. The van der Waals surface area contributed by atoms with Crippen LogP contribution in [0.4, 0.5) is 5.69 Å². The topological polar surface area (TPSA) is 89.5 Å². The zero-order valence-electron chi connectivity index (χ0n) is 14.7. The Labute approximate surface area is 156 Å². The Bertz CT molecular complexity index is 1010. The number of hydrogen-bond donors (Lipinski definition) is 1. The van der Waals surface area contributed by atoms with Gasteiger partial charge in [0.2, 0.25) is 5.91 Å². The van der Waals surface area contributed by atoms with Crippen molar-refractivity contribution in [2.45, 2.75) is 13.3 Å². The average Bonchev–Trinajstić information content (AvgIpc) is 3.10. The number of aromatic nitrogens is 1. The fourth-order valence-corrected chi connectivity index (χ4v) is 2.77. The molecule has 7 nitrogen and oxygen atoms in total. The number of para-hydroxylation sites is 2. The van der Waals surface area contributed by atoms with Gasteiger partial charge in [0.25, 0.3) is 5.69 Å². The van der Waals surface area contributed by atoms with Crippen molar-refractivity contribution < 1.29 is 9.72 Å². The van der Waals surface area contributed by atoms with Crippen LogP contribution in [0.15, 0.2) is 72.0 Å². The van der Waals surface area contributed by atoms with Crippen LogP contribution >= 0.6 is 0 Å². The molecule has 0 spiro atoms. The minimum atomic E-state index is -0.499. The molecule has 2 aromatic carbocycles. The smallest absolute Gasteiger partial charge is 0.273 e. The van der Waals surface area contributed by atoms with E-state index in [0.717, 1.165) is 16.9 Å². The maximum absolute atomic E-state index is 12.1. The van der Waals surface area contributed by atoms with Crippen molar-refractivity contribution in [3.05, 3.63) is 93.8 Å². The van der Waals surface area contributed by atoms with Gasteiger partial charge in [-0.05, 0) is 30.7 Å². The molecule has 27 heavy (non-hydrogen) atoms. The Morgan fingerprint density at radius 2 is 1.89 bits per heavy atom. The highest BCUT2D eigenvalue weighted by Gasteiger charge is 2.15. The van der Waals surface area contributed by atoms with Gasteiger partial charge in [0.05, 0.1) is 23.3 Å². The van der Waals surface area contributed by atoms with Crippen LogP contribution < -0.4 is 5.43 Å². The predicted molar refractivity (Wildman–Crippen MR) is 103 cm³/mol. The highest BCUT2D eigenvalue weighted by molar-refractivity contribution is 5.83. The van der Waals surface area contributed by atoms with Gasteiger partial charge in [0.1, 0.15) is 0 Å². The molecule has 0 aliphatic heterocycles. The Morgan fingerprint density at radius 1 is 1.15 bits per heavy atom. The molecular weight excluding hydrogens is 344 g/mol. The van der Waals surface area contributed by atoms with Crippen LogP contribution in [0.5, 0.6) is 0 Å². The second-order valence-electron chi connectivity index (χ2n) is 5.95. The molecule has 3 rings (SSSR count). The van der Waals surface area contributed by atoms with Crippen LogP contribution in [0, 0.1) is 17.0 Å². The van der Waals surface area contributed by atoms with E-state index in [1.807, 2.05) is 54.1 Å². The first-order valence-corrected chi connectivity index (χ1v) is 8.34. The average molecular weight is 362 g/mol. The maximum Gasteiger partial charge on any atom is 0.273 e. The van der Waals surface area contributed by atoms with Crippen LogP contribution in [0.1, 0.15) is 16.8 Å². The molecule has 136 valence electrons. The zero-order chi connectivity index (χ0) is 19.2. The fraction of sp³-hybridized carbons (Fsp3) is 0.100. The maximum atomic E-state index is 12.1. The largest absolute Gasteiger partial charge is 0.315 e. The van der Waals surface area contributed by atoms with E-state index in [-0.39, 0.29) is 12.1 Å². The Hall–Kier alpha value is -3.74. The minimum absolute atomic E-state index is 0.0786. The predicted octanol–water partition coefficient (Wildman–Crippen LogP) is 3.39. The third-order valence-electron chi connectivity index (χ3n) is 4.08. The van der Waals surface area contributed by atoms with E-state index in [4.69, 9.17) is 0 Å². The number of carbonyl (C=O) groups is 1. The minimum Gasteiger partial charge on any atom is -0.315 e. The lowest BCUT2D eigenvalue weighted by molar-refractivity contribution is -0.385. The van der Waals surface area contributed by atoms with E-state index in [9.17, 15) is 14.9 Å². The molecule has 0 radical (unpaired) electrons. The highest BCUT2D eigenvalue weighted by atomic mass is 16.6. The normalized spacial score (nSPS) is 10.9. The summed E-state index contributed by atoms with van der Waals surface area (Å²) in [5.74, 6) is -0.422. The molecule has 0 saturated heterocycles. The molecule has 7 heteroatoms.